The van der Waals surface area contributed by atoms with E-state index in [2.05, 4.69) is 15.5 Å². The summed E-state index contributed by atoms with van der Waals surface area (Å²) < 4.78 is 0.650. The van der Waals surface area contributed by atoms with E-state index in [4.69, 9.17) is 11.6 Å². The molecule has 1 fully saturated rings. The second-order valence-electron chi connectivity index (χ2n) is 3.95. The van der Waals surface area contributed by atoms with Gasteiger partial charge in [-0.2, -0.15) is 0 Å². The predicted molar refractivity (Wildman–Crippen MR) is 78.2 cm³/mol. The molecule has 0 bridgehead atoms. The van der Waals surface area contributed by atoms with E-state index in [0.717, 1.165) is 32.7 Å². The van der Waals surface area contributed by atoms with Gasteiger partial charge in [-0.3, -0.25) is 9.69 Å². The highest BCUT2D eigenvalue weighted by Crippen LogP contribution is 2.20. The molecule has 1 aromatic heterocycles. The van der Waals surface area contributed by atoms with Gasteiger partial charge in [-0.05, 0) is 12.1 Å². The van der Waals surface area contributed by atoms with Crippen LogP contribution >= 0.6 is 35.3 Å². The third-order valence-electron chi connectivity index (χ3n) is 2.72. The van der Waals surface area contributed by atoms with Crippen LogP contribution in [0.3, 0.4) is 0 Å². The number of piperazine rings is 1. The van der Waals surface area contributed by atoms with Crippen molar-refractivity contribution in [3.8, 4) is 0 Å². The Kier molecular flexibility index (Phi) is 6.96. The number of carbonyl (C=O) groups excluding carboxylic acids is 1. The van der Waals surface area contributed by atoms with Gasteiger partial charge in [0.05, 0.1) is 9.21 Å². The van der Waals surface area contributed by atoms with Gasteiger partial charge in [0.2, 0.25) is 0 Å². The Hall–Kier alpha value is -0.330. The number of hydrogen-bond donors (Lipinski definition) is 2. The molecule has 1 aliphatic heterocycles. The number of nitrogens with one attached hydrogen (secondary N) is 2. The highest BCUT2D eigenvalue weighted by Gasteiger charge is 2.11. The largest absolute Gasteiger partial charge is 0.350 e. The van der Waals surface area contributed by atoms with Gasteiger partial charge in [-0.1, -0.05) is 11.6 Å². The molecule has 1 aliphatic rings. The third-order valence-corrected chi connectivity index (χ3v) is 3.95. The zero-order valence-corrected chi connectivity index (χ0v) is 12.3. The Morgan fingerprint density at radius 1 is 1.44 bits per heavy atom. The van der Waals surface area contributed by atoms with Crippen molar-refractivity contribution in [2.45, 2.75) is 0 Å². The average Bonchev–Trinajstić information content (AvgIpc) is 2.77. The zero-order chi connectivity index (χ0) is 12.1. The molecule has 1 saturated heterocycles. The van der Waals surface area contributed by atoms with E-state index < -0.39 is 0 Å². The molecule has 1 amide bonds. The maximum Gasteiger partial charge on any atom is 0.261 e. The van der Waals surface area contributed by atoms with E-state index in [1.165, 1.54) is 11.3 Å². The molecule has 4 nitrogen and oxygen atoms in total. The number of carbonyl (C=O) groups is 1. The molecule has 0 radical (unpaired) electrons. The van der Waals surface area contributed by atoms with Gasteiger partial charge < -0.3 is 10.6 Å². The molecule has 1 aromatic rings. The smallest absolute Gasteiger partial charge is 0.261 e. The normalized spacial score (nSPS) is 16.1. The van der Waals surface area contributed by atoms with Gasteiger partial charge in [-0.25, -0.2) is 0 Å². The van der Waals surface area contributed by atoms with Crippen molar-refractivity contribution in [2.75, 3.05) is 39.3 Å². The summed E-state index contributed by atoms with van der Waals surface area (Å²) in [6, 6.07) is 3.50. The lowest BCUT2D eigenvalue weighted by Crippen LogP contribution is -2.46. The minimum Gasteiger partial charge on any atom is -0.350 e. The van der Waals surface area contributed by atoms with Crippen LogP contribution in [-0.2, 0) is 0 Å². The van der Waals surface area contributed by atoms with Crippen LogP contribution in [0, 0.1) is 0 Å². The van der Waals surface area contributed by atoms with Crippen molar-refractivity contribution in [2.24, 2.45) is 0 Å². The molecule has 2 heterocycles. The van der Waals surface area contributed by atoms with Crippen molar-refractivity contribution in [3.63, 3.8) is 0 Å². The maximum absolute atomic E-state index is 11.7. The highest BCUT2D eigenvalue weighted by atomic mass is 35.5. The lowest BCUT2D eigenvalue weighted by Gasteiger charge is -2.26. The van der Waals surface area contributed by atoms with Crippen LogP contribution in [0.15, 0.2) is 12.1 Å². The summed E-state index contributed by atoms with van der Waals surface area (Å²) in [4.78, 5) is 14.7. The molecule has 2 N–H and O–H groups in total. The van der Waals surface area contributed by atoms with Gasteiger partial charge in [0.1, 0.15) is 0 Å². The first-order valence-corrected chi connectivity index (χ1v) is 6.92. The maximum atomic E-state index is 11.7. The molecule has 0 aromatic carbocycles. The number of nitrogens with zero attached hydrogens (tertiary/aromatic N) is 1. The standard InChI is InChI=1S/C11H16ClN3OS.ClH/c12-10-2-1-9(17-10)11(16)14-5-8-15-6-3-13-4-7-15;/h1-2,13H,3-8H2,(H,14,16);1H. The number of rotatable bonds is 4. The molecule has 7 heteroatoms. The second-order valence-corrected chi connectivity index (χ2v) is 5.67. The molecule has 18 heavy (non-hydrogen) atoms. The van der Waals surface area contributed by atoms with Crippen LogP contribution < -0.4 is 10.6 Å². The van der Waals surface area contributed by atoms with Gasteiger partial charge in [0, 0.05) is 39.3 Å². The minimum absolute atomic E-state index is 0. The molecular weight excluding hydrogens is 293 g/mol. The van der Waals surface area contributed by atoms with Crippen LogP contribution in [0.4, 0.5) is 0 Å². The van der Waals surface area contributed by atoms with E-state index >= 15 is 0 Å². The van der Waals surface area contributed by atoms with Crippen molar-refractivity contribution < 1.29 is 4.79 Å². The van der Waals surface area contributed by atoms with E-state index in [0.29, 0.717) is 15.8 Å². The van der Waals surface area contributed by atoms with Crippen LogP contribution in [-0.4, -0.2) is 50.1 Å². The fourth-order valence-electron chi connectivity index (χ4n) is 1.79. The molecule has 0 saturated carbocycles. The molecule has 102 valence electrons. The number of hydrogen-bond acceptors (Lipinski definition) is 4. The molecule has 0 spiro atoms. The first-order chi connectivity index (χ1) is 8.25. The molecular formula is C11H17Cl2N3OS. The summed E-state index contributed by atoms with van der Waals surface area (Å²) in [6.07, 6.45) is 0. The first kappa shape index (κ1) is 15.7. The summed E-state index contributed by atoms with van der Waals surface area (Å²) >= 11 is 7.10. The number of amides is 1. The summed E-state index contributed by atoms with van der Waals surface area (Å²) in [5, 5.41) is 6.21. The lowest BCUT2D eigenvalue weighted by molar-refractivity contribution is 0.0951. The van der Waals surface area contributed by atoms with E-state index in [9.17, 15) is 4.79 Å². The number of thiophene rings is 1. The van der Waals surface area contributed by atoms with Crippen LogP contribution in [0.25, 0.3) is 0 Å². The lowest BCUT2D eigenvalue weighted by atomic mass is 10.3. The van der Waals surface area contributed by atoms with Crippen molar-refractivity contribution in [3.05, 3.63) is 21.3 Å². The summed E-state index contributed by atoms with van der Waals surface area (Å²) in [5.41, 5.74) is 0. The number of halogens is 2. The minimum atomic E-state index is -0.0305. The van der Waals surface area contributed by atoms with Crippen molar-refractivity contribution in [1.82, 2.24) is 15.5 Å². The highest BCUT2D eigenvalue weighted by molar-refractivity contribution is 7.17. The average molecular weight is 310 g/mol. The Morgan fingerprint density at radius 3 is 2.78 bits per heavy atom. The molecule has 2 rings (SSSR count). The summed E-state index contributed by atoms with van der Waals surface area (Å²) in [6.45, 7) is 5.78. The fourth-order valence-corrected chi connectivity index (χ4v) is 2.75. The van der Waals surface area contributed by atoms with E-state index in [1.54, 1.807) is 12.1 Å². The quantitative estimate of drug-likeness (QED) is 0.885. The fraction of sp³-hybridized carbons (Fsp3) is 0.545. The molecule has 0 aliphatic carbocycles. The summed E-state index contributed by atoms with van der Waals surface area (Å²) in [7, 11) is 0. The second kappa shape index (κ2) is 7.96. The Balaban J connectivity index is 0.00000162. The Labute approximate surface area is 122 Å². The summed E-state index contributed by atoms with van der Waals surface area (Å²) in [5.74, 6) is -0.0305. The zero-order valence-electron chi connectivity index (χ0n) is 9.95. The first-order valence-electron chi connectivity index (χ1n) is 5.72. The van der Waals surface area contributed by atoms with Crippen molar-refractivity contribution in [1.29, 1.82) is 0 Å². The van der Waals surface area contributed by atoms with Gasteiger partial charge in [0.25, 0.3) is 5.91 Å². The van der Waals surface area contributed by atoms with Crippen LogP contribution in [0.2, 0.25) is 4.34 Å². The van der Waals surface area contributed by atoms with E-state index in [-0.39, 0.29) is 18.3 Å². The van der Waals surface area contributed by atoms with Crippen LogP contribution in [0.1, 0.15) is 9.67 Å². The Bertz CT molecular complexity index is 380. The van der Waals surface area contributed by atoms with Gasteiger partial charge >= 0.3 is 0 Å². The predicted octanol–water partition coefficient (Wildman–Crippen LogP) is 1.46. The monoisotopic (exact) mass is 309 g/mol. The molecule has 0 atom stereocenters. The Morgan fingerprint density at radius 2 is 2.17 bits per heavy atom. The van der Waals surface area contributed by atoms with Gasteiger partial charge in [-0.15, -0.1) is 23.7 Å². The van der Waals surface area contributed by atoms with Crippen LogP contribution in [0.5, 0.6) is 0 Å². The topological polar surface area (TPSA) is 44.4 Å². The molecule has 0 unspecified atom stereocenters. The van der Waals surface area contributed by atoms with E-state index in [1.807, 2.05) is 0 Å². The van der Waals surface area contributed by atoms with Gasteiger partial charge in [0.15, 0.2) is 0 Å². The SMILES string of the molecule is Cl.O=C(NCCN1CCNCC1)c1ccc(Cl)s1. The van der Waals surface area contributed by atoms with Crippen molar-refractivity contribution >= 4 is 41.3 Å². The third kappa shape index (κ3) is 4.74.